The van der Waals surface area contributed by atoms with Crippen LogP contribution in [0.4, 0.5) is 0 Å². The van der Waals surface area contributed by atoms with Crippen LogP contribution in [0.3, 0.4) is 0 Å². The summed E-state index contributed by atoms with van der Waals surface area (Å²) in [7, 11) is -0.881. The third kappa shape index (κ3) is 5.75. The van der Waals surface area contributed by atoms with Crippen molar-refractivity contribution >= 4 is 28.8 Å². The molecule has 6 nitrogen and oxygen atoms in total. The second-order valence-electron chi connectivity index (χ2n) is 4.00. The third-order valence-electron chi connectivity index (χ3n) is 2.35. The predicted molar refractivity (Wildman–Crippen MR) is 76.8 cm³/mol. The second-order valence-corrected chi connectivity index (χ2v) is 5.55. The summed E-state index contributed by atoms with van der Waals surface area (Å²) < 4.78 is 10.9. The van der Waals surface area contributed by atoms with Crippen LogP contribution in [0.25, 0.3) is 6.08 Å². The Bertz CT molecular complexity index is 543. The van der Waals surface area contributed by atoms with Crippen molar-refractivity contribution in [1.29, 1.82) is 0 Å². The molecule has 108 valence electrons. The van der Waals surface area contributed by atoms with E-state index < -0.39 is 16.8 Å². The average Bonchev–Trinajstić information content (AvgIpc) is 2.41. The van der Waals surface area contributed by atoms with E-state index in [-0.39, 0.29) is 11.6 Å². The minimum absolute atomic E-state index is 0.169. The van der Waals surface area contributed by atoms with Crippen LogP contribution >= 0.6 is 0 Å². The maximum absolute atomic E-state index is 11.9. The first-order chi connectivity index (χ1) is 9.50. The molecule has 1 heterocycles. The minimum atomic E-state index is -1.09. The fraction of sp³-hybridized carbons (Fsp3) is 0.308. The fourth-order valence-corrected chi connectivity index (χ4v) is 2.01. The molecule has 0 aliphatic carbocycles. The number of rotatable bonds is 7. The third-order valence-corrected chi connectivity index (χ3v) is 3.22. The largest absolute Gasteiger partial charge is 0.478 e. The Labute approximate surface area is 119 Å². The first kappa shape index (κ1) is 16.0. The standard InChI is InChI=1S/C13H16N2O4S/c1-20(19)9-3-8-15-13(18)12-10(4-2-7-14-12)5-6-11(16)17/h2,4-7H,3,8-9H2,1H3,(H,15,18)(H,16,17)/b6-5+. The summed E-state index contributed by atoms with van der Waals surface area (Å²) in [5, 5.41) is 11.3. The zero-order valence-corrected chi connectivity index (χ0v) is 11.9. The summed E-state index contributed by atoms with van der Waals surface area (Å²) in [5.74, 6) is -0.947. The van der Waals surface area contributed by atoms with E-state index in [4.69, 9.17) is 5.11 Å². The van der Waals surface area contributed by atoms with Crippen LogP contribution in [-0.4, -0.2) is 44.7 Å². The quantitative estimate of drug-likeness (QED) is 0.569. The molecule has 20 heavy (non-hydrogen) atoms. The number of pyridine rings is 1. The van der Waals surface area contributed by atoms with Gasteiger partial charge in [0.05, 0.1) is 0 Å². The Hall–Kier alpha value is -2.02. The van der Waals surface area contributed by atoms with E-state index in [0.717, 1.165) is 6.08 Å². The molecular formula is C13H16N2O4S. The van der Waals surface area contributed by atoms with Gasteiger partial charge in [0.2, 0.25) is 0 Å². The molecule has 0 aliphatic rings. The topological polar surface area (TPSA) is 96.4 Å². The molecule has 0 spiro atoms. The van der Waals surface area contributed by atoms with E-state index in [1.165, 1.54) is 12.3 Å². The number of hydrogen-bond donors (Lipinski definition) is 2. The van der Waals surface area contributed by atoms with E-state index >= 15 is 0 Å². The molecule has 1 unspecified atom stereocenters. The van der Waals surface area contributed by atoms with Gasteiger partial charge in [-0.1, -0.05) is 6.07 Å². The van der Waals surface area contributed by atoms with Gasteiger partial charge in [0.15, 0.2) is 0 Å². The van der Waals surface area contributed by atoms with Gasteiger partial charge in [-0.2, -0.15) is 0 Å². The molecule has 0 saturated heterocycles. The van der Waals surface area contributed by atoms with Gasteiger partial charge in [0, 0.05) is 47.2 Å². The second kappa shape index (κ2) is 8.21. The molecule has 1 aromatic rings. The molecule has 0 saturated carbocycles. The average molecular weight is 296 g/mol. The van der Waals surface area contributed by atoms with Crippen molar-refractivity contribution in [2.45, 2.75) is 6.42 Å². The monoisotopic (exact) mass is 296 g/mol. The molecular weight excluding hydrogens is 280 g/mol. The van der Waals surface area contributed by atoms with Gasteiger partial charge in [-0.15, -0.1) is 0 Å². The fourth-order valence-electron chi connectivity index (χ4n) is 1.46. The summed E-state index contributed by atoms with van der Waals surface area (Å²) in [6, 6.07) is 3.24. The van der Waals surface area contributed by atoms with Crippen molar-refractivity contribution in [3.8, 4) is 0 Å². The van der Waals surface area contributed by atoms with Gasteiger partial charge < -0.3 is 10.4 Å². The normalized spacial score (nSPS) is 12.2. The van der Waals surface area contributed by atoms with Gasteiger partial charge in [-0.25, -0.2) is 4.79 Å². The lowest BCUT2D eigenvalue weighted by molar-refractivity contribution is -0.131. The first-order valence-electron chi connectivity index (χ1n) is 5.95. The number of amides is 1. The smallest absolute Gasteiger partial charge is 0.328 e. The summed E-state index contributed by atoms with van der Waals surface area (Å²) >= 11 is 0. The van der Waals surface area contributed by atoms with Crippen LogP contribution in [0.2, 0.25) is 0 Å². The molecule has 1 amide bonds. The van der Waals surface area contributed by atoms with Crippen molar-refractivity contribution in [1.82, 2.24) is 10.3 Å². The Morgan fingerprint density at radius 1 is 1.50 bits per heavy atom. The summed E-state index contributed by atoms with van der Waals surface area (Å²) in [6.07, 6.45) is 5.96. The molecule has 7 heteroatoms. The van der Waals surface area contributed by atoms with Crippen molar-refractivity contribution in [3.63, 3.8) is 0 Å². The van der Waals surface area contributed by atoms with Gasteiger partial charge in [-0.3, -0.25) is 14.0 Å². The molecule has 1 rings (SSSR count). The molecule has 0 fully saturated rings. The van der Waals surface area contributed by atoms with Crippen LogP contribution < -0.4 is 5.32 Å². The van der Waals surface area contributed by atoms with Crippen LogP contribution in [0.15, 0.2) is 24.4 Å². The lowest BCUT2D eigenvalue weighted by Gasteiger charge is -2.06. The highest BCUT2D eigenvalue weighted by Gasteiger charge is 2.10. The molecule has 2 N–H and O–H groups in total. The minimum Gasteiger partial charge on any atom is -0.478 e. The van der Waals surface area contributed by atoms with Crippen LogP contribution in [0.5, 0.6) is 0 Å². The summed E-state index contributed by atoms with van der Waals surface area (Å²) in [6.45, 7) is 0.400. The Balaban J connectivity index is 2.68. The highest BCUT2D eigenvalue weighted by Crippen LogP contribution is 2.07. The Morgan fingerprint density at radius 2 is 2.25 bits per heavy atom. The lowest BCUT2D eigenvalue weighted by Crippen LogP contribution is -2.27. The number of aromatic nitrogens is 1. The predicted octanol–water partition coefficient (Wildman–Crippen LogP) is 0.678. The number of carboxylic acid groups (broad SMARTS) is 1. The lowest BCUT2D eigenvalue weighted by atomic mass is 10.1. The maximum Gasteiger partial charge on any atom is 0.328 e. The highest BCUT2D eigenvalue weighted by molar-refractivity contribution is 7.84. The number of hydrogen-bond acceptors (Lipinski definition) is 4. The van der Waals surface area contributed by atoms with Crippen molar-refractivity contribution in [2.24, 2.45) is 0 Å². The Morgan fingerprint density at radius 3 is 2.90 bits per heavy atom. The van der Waals surface area contributed by atoms with Gasteiger partial charge in [0.1, 0.15) is 5.69 Å². The molecule has 0 aliphatic heterocycles. The van der Waals surface area contributed by atoms with Crippen LogP contribution in [0, 0.1) is 0 Å². The zero-order chi connectivity index (χ0) is 15.0. The number of carbonyl (C=O) groups excluding carboxylic acids is 1. The molecule has 0 bridgehead atoms. The van der Waals surface area contributed by atoms with Gasteiger partial charge >= 0.3 is 5.97 Å². The molecule has 1 atom stereocenters. The maximum atomic E-state index is 11.9. The van der Waals surface area contributed by atoms with E-state index in [2.05, 4.69) is 10.3 Å². The highest BCUT2D eigenvalue weighted by atomic mass is 32.2. The summed E-state index contributed by atoms with van der Waals surface area (Å²) in [4.78, 5) is 26.4. The zero-order valence-electron chi connectivity index (χ0n) is 11.0. The Kier molecular flexibility index (Phi) is 6.58. The number of aliphatic carboxylic acids is 1. The molecule has 0 aromatic carbocycles. The molecule has 0 radical (unpaired) electrons. The first-order valence-corrected chi connectivity index (χ1v) is 7.67. The SMILES string of the molecule is CS(=O)CCCNC(=O)c1ncccc1/C=C/C(=O)O. The van der Waals surface area contributed by atoms with Crippen molar-refractivity contribution in [3.05, 3.63) is 35.7 Å². The van der Waals surface area contributed by atoms with Crippen LogP contribution in [-0.2, 0) is 15.6 Å². The van der Waals surface area contributed by atoms with E-state index in [1.807, 2.05) is 0 Å². The number of carboxylic acids is 1. The number of nitrogens with one attached hydrogen (secondary N) is 1. The van der Waals surface area contributed by atoms with Crippen molar-refractivity contribution < 1.29 is 18.9 Å². The molecule has 1 aromatic heterocycles. The van der Waals surface area contributed by atoms with Crippen LogP contribution in [0.1, 0.15) is 22.5 Å². The van der Waals surface area contributed by atoms with E-state index in [0.29, 0.717) is 24.3 Å². The van der Waals surface area contributed by atoms with E-state index in [9.17, 15) is 13.8 Å². The van der Waals surface area contributed by atoms with Gasteiger partial charge in [0.25, 0.3) is 5.91 Å². The summed E-state index contributed by atoms with van der Waals surface area (Å²) in [5.41, 5.74) is 0.606. The van der Waals surface area contributed by atoms with Gasteiger partial charge in [-0.05, 0) is 18.6 Å². The van der Waals surface area contributed by atoms with Crippen molar-refractivity contribution in [2.75, 3.05) is 18.6 Å². The van der Waals surface area contributed by atoms with E-state index in [1.54, 1.807) is 18.4 Å². The number of carbonyl (C=O) groups is 2. The number of nitrogens with zero attached hydrogens (tertiary/aromatic N) is 1.